The van der Waals surface area contributed by atoms with Crippen molar-refractivity contribution in [2.75, 3.05) is 10.6 Å². The van der Waals surface area contributed by atoms with E-state index in [1.54, 1.807) is 24.3 Å². The van der Waals surface area contributed by atoms with Crippen LogP contribution in [0.1, 0.15) is 28.8 Å². The number of benzene rings is 2. The van der Waals surface area contributed by atoms with Gasteiger partial charge in [-0.15, -0.1) is 0 Å². The van der Waals surface area contributed by atoms with Crippen LogP contribution >= 0.6 is 0 Å². The van der Waals surface area contributed by atoms with Crippen molar-refractivity contribution in [2.45, 2.75) is 19.8 Å². The van der Waals surface area contributed by atoms with E-state index in [4.69, 9.17) is 0 Å². The number of hydrogen-bond donors (Lipinski definition) is 2. The van der Waals surface area contributed by atoms with E-state index in [0.29, 0.717) is 16.9 Å². The van der Waals surface area contributed by atoms with Crippen molar-refractivity contribution in [1.82, 2.24) is 0 Å². The Morgan fingerprint density at radius 2 is 1.59 bits per heavy atom. The highest BCUT2D eigenvalue weighted by Crippen LogP contribution is 2.30. The Kier molecular flexibility index (Phi) is 3.92. The summed E-state index contributed by atoms with van der Waals surface area (Å²) in [6.07, 6.45) is 1.94. The third-order valence-corrected chi connectivity index (χ3v) is 3.65. The molecule has 1 aliphatic rings. The number of carbonyl (C=O) groups is 2. The lowest BCUT2D eigenvalue weighted by Gasteiger charge is -2.09. The van der Waals surface area contributed by atoms with Gasteiger partial charge in [-0.1, -0.05) is 23.8 Å². The molecule has 4 nitrogen and oxygen atoms in total. The lowest BCUT2D eigenvalue weighted by molar-refractivity contribution is -0.117. The molecule has 2 N–H and O–H groups in total. The summed E-state index contributed by atoms with van der Waals surface area (Å²) in [6.45, 7) is 1.98. The lowest BCUT2D eigenvalue weighted by Crippen LogP contribution is -2.14. The summed E-state index contributed by atoms with van der Waals surface area (Å²) in [7, 11) is 0. The molecule has 3 rings (SSSR count). The van der Waals surface area contributed by atoms with E-state index in [1.807, 2.05) is 31.2 Å². The molecule has 0 atom stereocenters. The van der Waals surface area contributed by atoms with Crippen LogP contribution in [0.15, 0.2) is 48.5 Å². The molecular formula is C18H18N2O2. The Morgan fingerprint density at radius 1 is 0.955 bits per heavy atom. The summed E-state index contributed by atoms with van der Waals surface area (Å²) in [6, 6.07) is 14.6. The molecule has 112 valence electrons. The number of aryl methyl sites for hydroxylation is 1. The SMILES string of the molecule is Cc1ccc(C(=O)Nc2cccc(NC(=O)C3CC3)c2)cc1. The predicted octanol–water partition coefficient (Wildman–Crippen LogP) is 3.60. The lowest BCUT2D eigenvalue weighted by atomic mass is 10.1. The fourth-order valence-electron chi connectivity index (χ4n) is 2.17. The minimum Gasteiger partial charge on any atom is -0.326 e. The average Bonchev–Trinajstić information content (AvgIpc) is 3.33. The first-order valence-electron chi connectivity index (χ1n) is 7.41. The van der Waals surface area contributed by atoms with Crippen molar-refractivity contribution in [3.8, 4) is 0 Å². The monoisotopic (exact) mass is 294 g/mol. The van der Waals surface area contributed by atoms with E-state index < -0.39 is 0 Å². The molecule has 22 heavy (non-hydrogen) atoms. The zero-order valence-electron chi connectivity index (χ0n) is 12.4. The van der Waals surface area contributed by atoms with Crippen molar-refractivity contribution in [2.24, 2.45) is 5.92 Å². The van der Waals surface area contributed by atoms with Crippen molar-refractivity contribution in [1.29, 1.82) is 0 Å². The van der Waals surface area contributed by atoms with Crippen molar-refractivity contribution in [3.05, 3.63) is 59.7 Å². The molecule has 0 aliphatic heterocycles. The normalized spacial score (nSPS) is 13.5. The van der Waals surface area contributed by atoms with Gasteiger partial charge in [0.1, 0.15) is 0 Å². The fourth-order valence-corrected chi connectivity index (χ4v) is 2.17. The van der Waals surface area contributed by atoms with Gasteiger partial charge in [-0.3, -0.25) is 9.59 Å². The molecule has 2 aromatic carbocycles. The summed E-state index contributed by atoms with van der Waals surface area (Å²) < 4.78 is 0. The Morgan fingerprint density at radius 3 is 2.23 bits per heavy atom. The first-order valence-corrected chi connectivity index (χ1v) is 7.41. The number of nitrogens with one attached hydrogen (secondary N) is 2. The van der Waals surface area contributed by atoms with Gasteiger partial charge in [0, 0.05) is 22.9 Å². The van der Waals surface area contributed by atoms with Gasteiger partial charge in [0.05, 0.1) is 0 Å². The molecule has 4 heteroatoms. The van der Waals surface area contributed by atoms with E-state index in [0.717, 1.165) is 18.4 Å². The molecule has 2 aromatic rings. The Hall–Kier alpha value is -2.62. The van der Waals surface area contributed by atoms with Crippen LogP contribution in [-0.4, -0.2) is 11.8 Å². The molecule has 0 spiro atoms. The standard InChI is InChI=1S/C18H18N2O2/c1-12-5-7-13(8-6-12)17(21)19-15-3-2-4-16(11-15)20-18(22)14-9-10-14/h2-8,11,14H,9-10H2,1H3,(H,19,21)(H,20,22). The summed E-state index contributed by atoms with van der Waals surface area (Å²) >= 11 is 0. The first kappa shape index (κ1) is 14.3. The maximum Gasteiger partial charge on any atom is 0.255 e. The van der Waals surface area contributed by atoms with E-state index >= 15 is 0 Å². The van der Waals surface area contributed by atoms with Gasteiger partial charge < -0.3 is 10.6 Å². The Labute approximate surface area is 129 Å². The topological polar surface area (TPSA) is 58.2 Å². The van der Waals surface area contributed by atoms with Crippen LogP contribution < -0.4 is 10.6 Å². The largest absolute Gasteiger partial charge is 0.326 e. The Bertz CT molecular complexity index is 703. The van der Waals surface area contributed by atoms with Crippen LogP contribution in [0.2, 0.25) is 0 Å². The molecule has 0 heterocycles. The number of rotatable bonds is 4. The first-order chi connectivity index (χ1) is 10.6. The molecule has 1 saturated carbocycles. The van der Waals surface area contributed by atoms with Crippen molar-refractivity contribution < 1.29 is 9.59 Å². The van der Waals surface area contributed by atoms with Crippen LogP contribution in [0.25, 0.3) is 0 Å². The van der Waals surface area contributed by atoms with Crippen LogP contribution in [-0.2, 0) is 4.79 Å². The molecule has 0 saturated heterocycles. The second-order valence-corrected chi connectivity index (χ2v) is 5.66. The van der Waals surface area contributed by atoms with Crippen LogP contribution in [0.4, 0.5) is 11.4 Å². The summed E-state index contributed by atoms with van der Waals surface area (Å²) in [4.78, 5) is 23.9. The highest BCUT2D eigenvalue weighted by atomic mass is 16.2. The minimum absolute atomic E-state index is 0.0574. The van der Waals surface area contributed by atoms with Gasteiger partial charge in [0.15, 0.2) is 0 Å². The van der Waals surface area contributed by atoms with Gasteiger partial charge in [-0.05, 0) is 50.1 Å². The molecule has 1 aliphatic carbocycles. The second kappa shape index (κ2) is 6.02. The maximum atomic E-state index is 12.2. The zero-order valence-corrected chi connectivity index (χ0v) is 12.4. The van der Waals surface area contributed by atoms with Gasteiger partial charge in [-0.2, -0.15) is 0 Å². The average molecular weight is 294 g/mol. The van der Waals surface area contributed by atoms with E-state index in [1.165, 1.54) is 0 Å². The fraction of sp³-hybridized carbons (Fsp3) is 0.222. The summed E-state index contributed by atoms with van der Waals surface area (Å²) in [5, 5.41) is 5.72. The number of amides is 2. The Balaban J connectivity index is 1.67. The second-order valence-electron chi connectivity index (χ2n) is 5.66. The maximum absolute atomic E-state index is 12.2. The van der Waals surface area contributed by atoms with Gasteiger partial charge in [0.25, 0.3) is 5.91 Å². The van der Waals surface area contributed by atoms with Gasteiger partial charge in [-0.25, -0.2) is 0 Å². The molecule has 2 amide bonds. The number of hydrogen-bond acceptors (Lipinski definition) is 2. The molecule has 0 aromatic heterocycles. The molecule has 0 unspecified atom stereocenters. The van der Waals surface area contributed by atoms with Crippen LogP contribution in [0.3, 0.4) is 0 Å². The minimum atomic E-state index is -0.161. The van der Waals surface area contributed by atoms with Crippen molar-refractivity contribution >= 4 is 23.2 Å². The molecule has 0 bridgehead atoms. The van der Waals surface area contributed by atoms with Gasteiger partial charge in [0.2, 0.25) is 5.91 Å². The highest BCUT2D eigenvalue weighted by molar-refractivity contribution is 6.04. The van der Waals surface area contributed by atoms with Gasteiger partial charge >= 0.3 is 0 Å². The summed E-state index contributed by atoms with van der Waals surface area (Å²) in [5.41, 5.74) is 3.09. The van der Waals surface area contributed by atoms with Crippen LogP contribution in [0.5, 0.6) is 0 Å². The van der Waals surface area contributed by atoms with Crippen molar-refractivity contribution in [3.63, 3.8) is 0 Å². The zero-order chi connectivity index (χ0) is 15.5. The summed E-state index contributed by atoms with van der Waals surface area (Å²) in [5.74, 6) is 0.0542. The molecule has 0 radical (unpaired) electrons. The number of carbonyl (C=O) groups excluding carboxylic acids is 2. The third kappa shape index (κ3) is 3.52. The number of anilines is 2. The molecular weight excluding hydrogens is 276 g/mol. The van der Waals surface area contributed by atoms with E-state index in [-0.39, 0.29) is 17.7 Å². The predicted molar refractivity (Wildman–Crippen MR) is 86.9 cm³/mol. The van der Waals surface area contributed by atoms with E-state index in [2.05, 4.69) is 10.6 Å². The highest BCUT2D eigenvalue weighted by Gasteiger charge is 2.29. The van der Waals surface area contributed by atoms with Crippen LogP contribution in [0, 0.1) is 12.8 Å². The van der Waals surface area contributed by atoms with E-state index in [9.17, 15) is 9.59 Å². The quantitative estimate of drug-likeness (QED) is 0.905. The third-order valence-electron chi connectivity index (χ3n) is 3.65. The molecule has 1 fully saturated rings. The smallest absolute Gasteiger partial charge is 0.255 e.